The topological polar surface area (TPSA) is 18.5 Å². The number of alkyl halides is 2. The van der Waals surface area contributed by atoms with Gasteiger partial charge in [0.25, 0.3) is 0 Å². The lowest BCUT2D eigenvalue weighted by atomic mass is 10.3. The molecular weight excluding hydrogens is 370 g/mol. The highest BCUT2D eigenvalue weighted by atomic mass is 127. The molecule has 0 aliphatic carbocycles. The normalized spacial score (nSPS) is 36.0. The van der Waals surface area contributed by atoms with Gasteiger partial charge in [0.05, 0.1) is 12.2 Å². The maximum Gasteiger partial charge on any atom is 0.163 e. The molecule has 66 valence electrons. The van der Waals surface area contributed by atoms with E-state index in [4.69, 9.17) is 9.47 Å². The zero-order valence-electron chi connectivity index (χ0n) is 6.64. The summed E-state index contributed by atoms with van der Waals surface area (Å²) in [6.07, 6.45) is 0.560. The molecule has 1 rings (SSSR count). The Bertz CT molecular complexity index is 124. The third kappa shape index (κ3) is 2.67. The first-order valence-electron chi connectivity index (χ1n) is 3.56. The van der Waals surface area contributed by atoms with Gasteiger partial charge in [0, 0.05) is 8.86 Å². The Morgan fingerprint density at radius 1 is 1.09 bits per heavy atom. The molecule has 1 heterocycles. The van der Waals surface area contributed by atoms with Crippen molar-refractivity contribution < 1.29 is 9.47 Å². The smallest absolute Gasteiger partial charge is 0.163 e. The van der Waals surface area contributed by atoms with Gasteiger partial charge in [-0.25, -0.2) is 0 Å². The SMILES string of the molecule is CC1(C)OC(CI)C(CI)O1. The molecule has 0 amide bonds. The number of hydrogen-bond donors (Lipinski definition) is 0. The van der Waals surface area contributed by atoms with Crippen molar-refractivity contribution in [2.75, 3.05) is 8.86 Å². The van der Waals surface area contributed by atoms with Gasteiger partial charge in [-0.2, -0.15) is 0 Å². The molecule has 4 heteroatoms. The van der Waals surface area contributed by atoms with Crippen LogP contribution in [0, 0.1) is 0 Å². The van der Waals surface area contributed by atoms with Crippen LogP contribution in [0.25, 0.3) is 0 Å². The van der Waals surface area contributed by atoms with E-state index in [-0.39, 0.29) is 18.0 Å². The molecule has 2 unspecified atom stereocenters. The standard InChI is InChI=1S/C7H12I2O2/c1-7(2)10-5(3-8)6(4-9)11-7/h5-6H,3-4H2,1-2H3. The number of ether oxygens (including phenoxy) is 2. The minimum absolute atomic E-state index is 0.280. The second-order valence-corrected chi connectivity index (χ2v) is 4.78. The summed E-state index contributed by atoms with van der Waals surface area (Å²) in [5, 5.41) is 0. The zero-order chi connectivity index (χ0) is 8.48. The fraction of sp³-hybridized carbons (Fsp3) is 1.00. The molecule has 1 aliphatic rings. The lowest BCUT2D eigenvalue weighted by molar-refractivity contribution is -0.142. The van der Waals surface area contributed by atoms with Crippen molar-refractivity contribution in [3.8, 4) is 0 Å². The first kappa shape index (κ1) is 10.5. The summed E-state index contributed by atoms with van der Waals surface area (Å²) in [7, 11) is 0. The molecule has 1 aliphatic heterocycles. The molecule has 1 saturated heterocycles. The quantitative estimate of drug-likeness (QED) is 0.540. The molecule has 0 aromatic carbocycles. The van der Waals surface area contributed by atoms with Gasteiger partial charge in [0.2, 0.25) is 0 Å². The Labute approximate surface area is 94.7 Å². The van der Waals surface area contributed by atoms with E-state index in [0.29, 0.717) is 0 Å². The van der Waals surface area contributed by atoms with Crippen molar-refractivity contribution in [1.82, 2.24) is 0 Å². The lowest BCUT2D eigenvalue weighted by Gasteiger charge is -2.16. The average molecular weight is 382 g/mol. The van der Waals surface area contributed by atoms with Crippen LogP contribution >= 0.6 is 45.2 Å². The molecule has 0 aromatic rings. The van der Waals surface area contributed by atoms with Crippen molar-refractivity contribution >= 4 is 45.2 Å². The van der Waals surface area contributed by atoms with Gasteiger partial charge in [0.15, 0.2) is 5.79 Å². The van der Waals surface area contributed by atoms with E-state index in [2.05, 4.69) is 45.2 Å². The Morgan fingerprint density at radius 2 is 1.45 bits per heavy atom. The van der Waals surface area contributed by atoms with Crippen molar-refractivity contribution in [3.05, 3.63) is 0 Å². The van der Waals surface area contributed by atoms with Crippen molar-refractivity contribution in [3.63, 3.8) is 0 Å². The van der Waals surface area contributed by atoms with Crippen LogP contribution < -0.4 is 0 Å². The fourth-order valence-corrected chi connectivity index (χ4v) is 2.66. The summed E-state index contributed by atoms with van der Waals surface area (Å²) in [6.45, 7) is 3.94. The van der Waals surface area contributed by atoms with Crippen molar-refractivity contribution in [2.45, 2.75) is 31.8 Å². The van der Waals surface area contributed by atoms with Gasteiger partial charge in [-0.1, -0.05) is 45.2 Å². The zero-order valence-corrected chi connectivity index (χ0v) is 11.0. The first-order valence-corrected chi connectivity index (χ1v) is 6.62. The Morgan fingerprint density at radius 3 is 1.73 bits per heavy atom. The number of hydrogen-bond acceptors (Lipinski definition) is 2. The minimum Gasteiger partial charge on any atom is -0.344 e. The molecule has 0 aromatic heterocycles. The van der Waals surface area contributed by atoms with E-state index in [1.54, 1.807) is 0 Å². The van der Waals surface area contributed by atoms with Gasteiger partial charge in [-0.3, -0.25) is 0 Å². The van der Waals surface area contributed by atoms with E-state index in [1.807, 2.05) is 13.8 Å². The number of rotatable bonds is 2. The van der Waals surface area contributed by atoms with Crippen molar-refractivity contribution in [2.24, 2.45) is 0 Å². The van der Waals surface area contributed by atoms with E-state index >= 15 is 0 Å². The Balaban J connectivity index is 2.55. The van der Waals surface area contributed by atoms with Gasteiger partial charge in [0.1, 0.15) is 0 Å². The maximum absolute atomic E-state index is 5.67. The van der Waals surface area contributed by atoms with E-state index in [1.165, 1.54) is 0 Å². The van der Waals surface area contributed by atoms with Crippen LogP contribution in [-0.2, 0) is 9.47 Å². The van der Waals surface area contributed by atoms with Gasteiger partial charge >= 0.3 is 0 Å². The molecule has 0 saturated carbocycles. The lowest BCUT2D eigenvalue weighted by Crippen LogP contribution is -2.24. The first-order chi connectivity index (χ1) is 5.09. The molecule has 2 nitrogen and oxygen atoms in total. The van der Waals surface area contributed by atoms with Crippen LogP contribution in [0.2, 0.25) is 0 Å². The molecule has 2 atom stereocenters. The largest absolute Gasteiger partial charge is 0.344 e. The fourth-order valence-electron chi connectivity index (χ4n) is 1.17. The van der Waals surface area contributed by atoms with Crippen LogP contribution in [0.15, 0.2) is 0 Å². The summed E-state index contributed by atoms with van der Waals surface area (Å²) in [4.78, 5) is 0. The van der Waals surface area contributed by atoms with Crippen molar-refractivity contribution in [1.29, 1.82) is 0 Å². The second-order valence-electron chi connectivity index (χ2n) is 3.02. The van der Waals surface area contributed by atoms with Crippen LogP contribution in [0.4, 0.5) is 0 Å². The molecule has 1 fully saturated rings. The van der Waals surface area contributed by atoms with E-state index in [0.717, 1.165) is 8.86 Å². The highest BCUT2D eigenvalue weighted by Crippen LogP contribution is 2.29. The van der Waals surface area contributed by atoms with E-state index < -0.39 is 0 Å². The highest BCUT2D eigenvalue weighted by molar-refractivity contribution is 14.1. The molecular formula is C7H12I2O2. The molecule has 0 spiro atoms. The van der Waals surface area contributed by atoms with Gasteiger partial charge in [-0.15, -0.1) is 0 Å². The third-order valence-electron chi connectivity index (χ3n) is 1.59. The minimum atomic E-state index is -0.369. The highest BCUT2D eigenvalue weighted by Gasteiger charge is 2.39. The summed E-state index contributed by atoms with van der Waals surface area (Å²) in [5.41, 5.74) is 0. The summed E-state index contributed by atoms with van der Waals surface area (Å²) in [5.74, 6) is -0.369. The van der Waals surface area contributed by atoms with Crippen LogP contribution in [-0.4, -0.2) is 26.9 Å². The Kier molecular flexibility index (Phi) is 3.86. The predicted octanol–water partition coefficient (Wildman–Crippen LogP) is 2.38. The summed E-state index contributed by atoms with van der Waals surface area (Å²) < 4.78 is 13.4. The number of halogens is 2. The van der Waals surface area contributed by atoms with Crippen LogP contribution in [0.1, 0.15) is 13.8 Å². The van der Waals surface area contributed by atoms with E-state index in [9.17, 15) is 0 Å². The Hall–Kier alpha value is 1.38. The summed E-state index contributed by atoms with van der Waals surface area (Å²) in [6, 6.07) is 0. The van der Waals surface area contributed by atoms with Gasteiger partial charge < -0.3 is 9.47 Å². The molecule has 0 N–H and O–H groups in total. The van der Waals surface area contributed by atoms with Crippen LogP contribution in [0.5, 0.6) is 0 Å². The average Bonchev–Trinajstić information content (AvgIpc) is 2.25. The maximum atomic E-state index is 5.67. The predicted molar refractivity (Wildman–Crippen MR) is 61.6 cm³/mol. The molecule has 0 bridgehead atoms. The summed E-state index contributed by atoms with van der Waals surface area (Å²) >= 11 is 4.67. The monoisotopic (exact) mass is 382 g/mol. The molecule has 0 radical (unpaired) electrons. The van der Waals surface area contributed by atoms with Gasteiger partial charge in [-0.05, 0) is 13.8 Å². The van der Waals surface area contributed by atoms with Crippen LogP contribution in [0.3, 0.4) is 0 Å². The molecule has 11 heavy (non-hydrogen) atoms. The third-order valence-corrected chi connectivity index (χ3v) is 3.33. The second kappa shape index (κ2) is 4.06.